The molecule has 0 aliphatic carbocycles. The third-order valence-electron chi connectivity index (χ3n) is 1.49. The first-order valence-corrected chi connectivity index (χ1v) is 3.66. The molecule has 1 atom stereocenters. The smallest absolute Gasteiger partial charge is 0.140 e. The van der Waals surface area contributed by atoms with Crippen molar-refractivity contribution >= 4 is 6.29 Å². The number of nitrogens with zero attached hydrogens (tertiary/aromatic N) is 1. The van der Waals surface area contributed by atoms with Gasteiger partial charge in [-0.05, 0) is 19.4 Å². The zero-order chi connectivity index (χ0) is 8.69. The molecule has 0 heterocycles. The van der Waals surface area contributed by atoms with Gasteiger partial charge in [0, 0.05) is 0 Å². The van der Waals surface area contributed by atoms with Crippen molar-refractivity contribution in [2.24, 2.45) is 17.4 Å². The van der Waals surface area contributed by atoms with Crippen molar-refractivity contribution in [2.45, 2.75) is 25.3 Å². The molecule has 1 unspecified atom stereocenters. The molecule has 0 aromatic heterocycles. The molecule has 0 aliphatic heterocycles. The van der Waals surface area contributed by atoms with Crippen LogP contribution in [0.1, 0.15) is 19.3 Å². The summed E-state index contributed by atoms with van der Waals surface area (Å²) >= 11 is 0. The molecule has 6 N–H and O–H groups in total. The van der Waals surface area contributed by atoms with Crippen molar-refractivity contribution in [3.8, 4) is 0 Å². The van der Waals surface area contributed by atoms with Crippen LogP contribution in [0.5, 0.6) is 0 Å². The van der Waals surface area contributed by atoms with Crippen LogP contribution in [-0.2, 0) is 4.79 Å². The van der Waals surface area contributed by atoms with Gasteiger partial charge in [-0.3, -0.25) is 11.7 Å². The molecule has 0 radical (unpaired) electrons. The summed E-state index contributed by atoms with van der Waals surface area (Å²) in [5, 5.41) is 0.934. The topological polar surface area (TPSA) is 98.4 Å². The zero-order valence-corrected chi connectivity index (χ0v) is 6.57. The minimum absolute atomic E-state index is 0.374. The molecule has 11 heavy (non-hydrogen) atoms. The molecule has 0 aromatic carbocycles. The summed E-state index contributed by atoms with van der Waals surface area (Å²) in [6.07, 6.45) is 3.20. The maximum Gasteiger partial charge on any atom is 0.140 e. The van der Waals surface area contributed by atoms with E-state index in [1.807, 2.05) is 0 Å². The molecule has 0 saturated heterocycles. The van der Waals surface area contributed by atoms with Crippen LogP contribution in [0.3, 0.4) is 0 Å². The fourth-order valence-corrected chi connectivity index (χ4v) is 0.785. The second-order valence-corrected chi connectivity index (χ2v) is 2.44. The third-order valence-corrected chi connectivity index (χ3v) is 1.49. The second-order valence-electron chi connectivity index (χ2n) is 2.44. The van der Waals surface area contributed by atoms with E-state index in [0.717, 1.165) is 24.2 Å². The highest BCUT2D eigenvalue weighted by molar-refractivity contribution is 5.57. The lowest BCUT2D eigenvalue weighted by atomic mass is 10.1. The lowest BCUT2D eigenvalue weighted by Gasteiger charge is -2.16. The molecule has 5 heteroatoms. The molecule has 66 valence electrons. The number of aldehydes is 1. The van der Waals surface area contributed by atoms with E-state index in [0.29, 0.717) is 13.0 Å². The Morgan fingerprint density at radius 3 is 2.36 bits per heavy atom. The van der Waals surface area contributed by atoms with Crippen LogP contribution in [0.25, 0.3) is 0 Å². The Kier molecular flexibility index (Phi) is 5.96. The van der Waals surface area contributed by atoms with Gasteiger partial charge in [0.15, 0.2) is 0 Å². The second kappa shape index (κ2) is 6.23. The quantitative estimate of drug-likeness (QED) is 0.195. The normalized spacial score (nSPS) is 13.5. The summed E-state index contributed by atoms with van der Waals surface area (Å²) in [5.41, 5.74) is 5.27. The molecule has 5 nitrogen and oxygen atoms in total. The van der Waals surface area contributed by atoms with Gasteiger partial charge in [0.2, 0.25) is 0 Å². The van der Waals surface area contributed by atoms with Gasteiger partial charge >= 0.3 is 0 Å². The van der Waals surface area contributed by atoms with Crippen molar-refractivity contribution < 1.29 is 4.79 Å². The van der Waals surface area contributed by atoms with E-state index in [-0.39, 0.29) is 6.04 Å². The zero-order valence-electron chi connectivity index (χ0n) is 6.57. The van der Waals surface area contributed by atoms with Crippen LogP contribution < -0.4 is 17.4 Å². The molecular weight excluding hydrogens is 144 g/mol. The van der Waals surface area contributed by atoms with Crippen LogP contribution in [0, 0.1) is 0 Å². The van der Waals surface area contributed by atoms with Gasteiger partial charge < -0.3 is 10.5 Å². The standard InChI is InChI=1S/C6H16N4O/c7-4-2-1-3-6(5-11)10(8)9/h5-6H,1-4,7-9H2. The maximum absolute atomic E-state index is 10.3. The number of hydrogen-bond donors (Lipinski definition) is 3. The lowest BCUT2D eigenvalue weighted by molar-refractivity contribution is -0.112. The van der Waals surface area contributed by atoms with Gasteiger partial charge in [-0.15, -0.1) is 0 Å². The van der Waals surface area contributed by atoms with E-state index in [2.05, 4.69) is 0 Å². The van der Waals surface area contributed by atoms with Crippen molar-refractivity contribution in [2.75, 3.05) is 6.54 Å². The Hall–Kier alpha value is -0.490. The van der Waals surface area contributed by atoms with E-state index >= 15 is 0 Å². The highest BCUT2D eigenvalue weighted by Gasteiger charge is 2.09. The third kappa shape index (κ3) is 4.86. The van der Waals surface area contributed by atoms with E-state index in [9.17, 15) is 4.79 Å². The Morgan fingerprint density at radius 1 is 1.36 bits per heavy atom. The van der Waals surface area contributed by atoms with Gasteiger partial charge in [0.25, 0.3) is 0 Å². The summed E-state index contributed by atoms with van der Waals surface area (Å²) < 4.78 is 0. The number of nitrogens with two attached hydrogens (primary N) is 3. The number of carbonyl (C=O) groups excluding carboxylic acids is 1. The molecule has 0 rings (SSSR count). The van der Waals surface area contributed by atoms with Crippen LogP contribution in [0.4, 0.5) is 0 Å². The minimum atomic E-state index is -0.374. The van der Waals surface area contributed by atoms with E-state index < -0.39 is 0 Å². The lowest BCUT2D eigenvalue weighted by Crippen LogP contribution is -2.47. The Labute approximate surface area is 66.4 Å². The summed E-state index contributed by atoms with van der Waals surface area (Å²) in [6, 6.07) is -0.374. The average Bonchev–Trinajstić information content (AvgIpc) is 1.97. The van der Waals surface area contributed by atoms with Crippen LogP contribution in [0.15, 0.2) is 0 Å². The summed E-state index contributed by atoms with van der Waals surface area (Å²) in [6.45, 7) is 0.640. The van der Waals surface area contributed by atoms with Gasteiger partial charge in [0.1, 0.15) is 6.29 Å². The van der Waals surface area contributed by atoms with Gasteiger partial charge in [-0.25, -0.2) is 0 Å². The van der Waals surface area contributed by atoms with Crippen molar-refractivity contribution in [3.05, 3.63) is 0 Å². The van der Waals surface area contributed by atoms with Crippen LogP contribution in [0.2, 0.25) is 0 Å². The SMILES string of the molecule is NCCCCC(C=O)N(N)N. The Morgan fingerprint density at radius 2 is 2.00 bits per heavy atom. The Balaban J connectivity index is 3.44. The first kappa shape index (κ1) is 10.5. The fraction of sp³-hybridized carbons (Fsp3) is 0.833. The van der Waals surface area contributed by atoms with Gasteiger partial charge in [0.05, 0.1) is 6.04 Å². The molecule has 0 spiro atoms. The number of unbranched alkanes of at least 4 members (excludes halogenated alkanes) is 1. The predicted octanol–water partition coefficient (Wildman–Crippen LogP) is -1.27. The van der Waals surface area contributed by atoms with Crippen LogP contribution in [-0.4, -0.2) is 24.0 Å². The molecule has 0 amide bonds. The molecule has 0 saturated carbocycles. The molecular formula is C6H16N4O. The van der Waals surface area contributed by atoms with Gasteiger partial charge in [-0.2, -0.15) is 5.12 Å². The number of rotatable bonds is 6. The first-order valence-electron chi connectivity index (χ1n) is 3.66. The minimum Gasteiger partial charge on any atom is -0.330 e. The molecule has 0 bridgehead atoms. The monoisotopic (exact) mass is 160 g/mol. The number of hydrazine groups is 2. The first-order chi connectivity index (χ1) is 5.22. The van der Waals surface area contributed by atoms with Crippen LogP contribution >= 0.6 is 0 Å². The van der Waals surface area contributed by atoms with Crippen molar-refractivity contribution in [1.82, 2.24) is 5.12 Å². The predicted molar refractivity (Wildman–Crippen MR) is 43.0 cm³/mol. The molecule has 0 fully saturated rings. The molecule has 0 aromatic rings. The average molecular weight is 160 g/mol. The number of hydrogen-bond acceptors (Lipinski definition) is 5. The molecule has 0 aliphatic rings. The van der Waals surface area contributed by atoms with E-state index in [1.165, 1.54) is 0 Å². The largest absolute Gasteiger partial charge is 0.330 e. The highest BCUT2D eigenvalue weighted by atomic mass is 16.1. The summed E-state index contributed by atoms with van der Waals surface area (Å²) in [4.78, 5) is 10.3. The maximum atomic E-state index is 10.3. The van der Waals surface area contributed by atoms with Crippen molar-refractivity contribution in [3.63, 3.8) is 0 Å². The summed E-state index contributed by atoms with van der Waals surface area (Å²) in [7, 11) is 0. The summed E-state index contributed by atoms with van der Waals surface area (Å²) in [5.74, 6) is 10.4. The van der Waals surface area contributed by atoms with E-state index in [4.69, 9.17) is 17.4 Å². The van der Waals surface area contributed by atoms with Gasteiger partial charge in [-0.1, -0.05) is 6.42 Å². The fourth-order valence-electron chi connectivity index (χ4n) is 0.785. The Bertz CT molecular complexity index is 107. The highest BCUT2D eigenvalue weighted by Crippen LogP contribution is 1.99. The van der Waals surface area contributed by atoms with Crippen molar-refractivity contribution in [1.29, 1.82) is 0 Å². The van der Waals surface area contributed by atoms with E-state index in [1.54, 1.807) is 0 Å². The number of carbonyl (C=O) groups is 1.